The van der Waals surface area contributed by atoms with Crippen LogP contribution in [0.1, 0.15) is 44.9 Å². The van der Waals surface area contributed by atoms with Crippen molar-refractivity contribution in [3.63, 3.8) is 0 Å². The zero-order chi connectivity index (χ0) is 36.0. The smallest absolute Gasteiger partial charge is 0.326 e. The molecule has 6 amide bonds. The number of aliphatic carboxylic acids is 2. The molecular formula is C26H42N10O10S2. The molecule has 0 bridgehead atoms. The second kappa shape index (κ2) is 19.5. The molecule has 2 fully saturated rings. The van der Waals surface area contributed by atoms with E-state index in [1.807, 2.05) is 0 Å². The highest BCUT2D eigenvalue weighted by Crippen LogP contribution is 2.25. The van der Waals surface area contributed by atoms with Gasteiger partial charge in [-0.25, -0.2) is 4.79 Å². The van der Waals surface area contributed by atoms with Gasteiger partial charge in [-0.05, 0) is 32.1 Å². The molecule has 0 spiro atoms. The molecule has 268 valence electrons. The van der Waals surface area contributed by atoms with Crippen LogP contribution in [0.3, 0.4) is 0 Å². The first kappa shape index (κ1) is 39.9. The topological polar surface area (TPSA) is 345 Å². The van der Waals surface area contributed by atoms with Crippen LogP contribution in [0, 0.1) is 0 Å². The average Bonchev–Trinajstić information content (AvgIpc) is 3.68. The van der Waals surface area contributed by atoms with Gasteiger partial charge in [-0.1, -0.05) is 21.6 Å². The maximum Gasteiger partial charge on any atom is 0.326 e. The van der Waals surface area contributed by atoms with Gasteiger partial charge in [0, 0.05) is 31.0 Å². The SMILES string of the molecule is NC(=O)C[C@H](NC(=O)[C@@H]1CCC(=O)N1)C(=O)N[C@@H](CSSC[C@H](N)C(=O)O)C(=O)N1CCC[C@H]1C(=O)N[C@@H](CCCN=C(N)N)C(=O)O. The van der Waals surface area contributed by atoms with Crippen LogP contribution in [-0.4, -0.2) is 129 Å². The van der Waals surface area contributed by atoms with Crippen LogP contribution in [0.5, 0.6) is 0 Å². The minimum Gasteiger partial charge on any atom is -0.480 e. The van der Waals surface area contributed by atoms with Crippen LogP contribution in [0.15, 0.2) is 4.99 Å². The lowest BCUT2D eigenvalue weighted by molar-refractivity contribution is -0.145. The molecule has 2 rings (SSSR count). The van der Waals surface area contributed by atoms with Gasteiger partial charge >= 0.3 is 11.9 Å². The number of amides is 6. The van der Waals surface area contributed by atoms with Gasteiger partial charge in [0.05, 0.1) is 6.42 Å². The van der Waals surface area contributed by atoms with Gasteiger partial charge in [-0.2, -0.15) is 0 Å². The maximum absolute atomic E-state index is 13.8. The van der Waals surface area contributed by atoms with Crippen LogP contribution < -0.4 is 44.2 Å². The molecule has 0 aromatic heterocycles. The molecule has 2 aliphatic rings. The first-order chi connectivity index (χ1) is 22.6. The number of carbonyl (C=O) groups is 8. The monoisotopic (exact) mass is 718 g/mol. The summed E-state index contributed by atoms with van der Waals surface area (Å²) in [6, 6.07) is -7.39. The predicted molar refractivity (Wildman–Crippen MR) is 174 cm³/mol. The summed E-state index contributed by atoms with van der Waals surface area (Å²) < 4.78 is 0. The number of carboxylic acid groups (broad SMARTS) is 2. The van der Waals surface area contributed by atoms with E-state index in [0.717, 1.165) is 21.6 Å². The molecule has 6 atom stereocenters. The molecule has 0 radical (unpaired) electrons. The Morgan fingerprint density at radius 3 is 2.17 bits per heavy atom. The van der Waals surface area contributed by atoms with Gasteiger partial charge in [-0.3, -0.25) is 38.6 Å². The molecule has 0 saturated carbocycles. The molecule has 14 N–H and O–H groups in total. The van der Waals surface area contributed by atoms with Crippen molar-refractivity contribution >= 4 is 74.9 Å². The first-order valence-electron chi connectivity index (χ1n) is 14.9. The third-order valence-corrected chi connectivity index (χ3v) is 9.69. The zero-order valence-corrected chi connectivity index (χ0v) is 27.6. The maximum atomic E-state index is 13.8. The number of nitrogens with one attached hydrogen (secondary N) is 4. The number of hydrogen-bond acceptors (Lipinski definition) is 12. The van der Waals surface area contributed by atoms with E-state index in [2.05, 4.69) is 26.3 Å². The molecule has 2 heterocycles. The molecule has 0 aromatic carbocycles. The highest BCUT2D eigenvalue weighted by Gasteiger charge is 2.40. The van der Waals surface area contributed by atoms with Gasteiger partial charge in [0.25, 0.3) is 0 Å². The van der Waals surface area contributed by atoms with E-state index in [1.165, 1.54) is 4.90 Å². The highest BCUT2D eigenvalue weighted by molar-refractivity contribution is 8.76. The summed E-state index contributed by atoms with van der Waals surface area (Å²) in [6.07, 6.45) is 0.450. The summed E-state index contributed by atoms with van der Waals surface area (Å²) in [7, 11) is 2.03. The molecule has 0 aliphatic carbocycles. The second-order valence-corrected chi connectivity index (χ2v) is 13.6. The third kappa shape index (κ3) is 13.1. The van der Waals surface area contributed by atoms with Crippen LogP contribution in [0.2, 0.25) is 0 Å². The standard InChI is InChI=1S/C26H42N10O10S2/c27-12(24(43)44)10-47-48-11-16(35-21(40)15(9-18(28)37)34-20(39)13-5-6-19(38)32-13)23(42)36-8-2-4-17(36)22(41)33-14(25(45)46)3-1-7-31-26(29)30/h12-17H,1-11,27H2,(H2,28,37)(H,32,38)(H,33,41)(H,34,39)(H,35,40)(H,43,44)(H,45,46)(H4,29,30,31)/t12-,13-,14-,15-,16-,17-/m0/s1. The molecule has 22 heteroatoms. The van der Waals surface area contributed by atoms with E-state index < -0.39 is 84.1 Å². The van der Waals surface area contributed by atoms with E-state index >= 15 is 0 Å². The van der Waals surface area contributed by atoms with Crippen molar-refractivity contribution in [3.8, 4) is 0 Å². The van der Waals surface area contributed by atoms with Crippen LogP contribution >= 0.6 is 21.6 Å². The molecular weight excluding hydrogens is 676 g/mol. The minimum absolute atomic E-state index is 0.00105. The number of hydrogen-bond donors (Lipinski definition) is 10. The number of nitrogens with zero attached hydrogens (tertiary/aromatic N) is 2. The molecule has 2 saturated heterocycles. The number of guanidine groups is 1. The fourth-order valence-corrected chi connectivity index (χ4v) is 7.05. The van der Waals surface area contributed by atoms with Crippen molar-refractivity contribution in [2.45, 2.75) is 81.2 Å². The quantitative estimate of drug-likeness (QED) is 0.0245. The summed E-state index contributed by atoms with van der Waals surface area (Å²) in [6.45, 7) is 0.229. The van der Waals surface area contributed by atoms with Crippen LogP contribution in [0.4, 0.5) is 0 Å². The Balaban J connectivity index is 2.21. The van der Waals surface area contributed by atoms with Crippen molar-refractivity contribution in [1.29, 1.82) is 0 Å². The lowest BCUT2D eigenvalue weighted by Gasteiger charge is -2.30. The Morgan fingerprint density at radius 2 is 1.58 bits per heavy atom. The Hall–Kier alpha value is -4.31. The summed E-state index contributed by atoms with van der Waals surface area (Å²) in [5.74, 6) is -7.35. The second-order valence-electron chi connectivity index (χ2n) is 11.0. The summed E-state index contributed by atoms with van der Waals surface area (Å²) >= 11 is 0. The van der Waals surface area contributed by atoms with Gasteiger partial charge in [0.15, 0.2) is 5.96 Å². The molecule has 0 aromatic rings. The Bertz CT molecular complexity index is 1270. The average molecular weight is 719 g/mol. The van der Waals surface area contributed by atoms with Gasteiger partial charge in [0.1, 0.15) is 36.3 Å². The number of nitrogens with two attached hydrogens (primary N) is 4. The van der Waals surface area contributed by atoms with Gasteiger partial charge in [-0.15, -0.1) is 0 Å². The van der Waals surface area contributed by atoms with Crippen molar-refractivity contribution in [1.82, 2.24) is 26.2 Å². The third-order valence-electron chi connectivity index (χ3n) is 7.25. The molecule has 48 heavy (non-hydrogen) atoms. The number of aliphatic imine (C=N–C) groups is 1. The fourth-order valence-electron chi connectivity index (χ4n) is 4.78. The lowest BCUT2D eigenvalue weighted by Crippen LogP contribution is -2.59. The van der Waals surface area contributed by atoms with Crippen molar-refractivity contribution in [3.05, 3.63) is 0 Å². The largest absolute Gasteiger partial charge is 0.480 e. The van der Waals surface area contributed by atoms with Crippen molar-refractivity contribution in [2.24, 2.45) is 27.9 Å². The summed E-state index contributed by atoms with van der Waals surface area (Å²) in [5.41, 5.74) is 21.4. The highest BCUT2D eigenvalue weighted by atomic mass is 33.1. The van der Waals surface area contributed by atoms with Crippen molar-refractivity contribution < 1.29 is 48.6 Å². The van der Waals surface area contributed by atoms with Gasteiger partial charge < -0.3 is 59.3 Å². The van der Waals surface area contributed by atoms with E-state index in [9.17, 15) is 43.5 Å². The normalized spacial score (nSPS) is 19.6. The minimum atomic E-state index is -1.52. The van der Waals surface area contributed by atoms with Gasteiger partial charge in [0.2, 0.25) is 35.4 Å². The number of rotatable bonds is 20. The Kier molecular flexibility index (Phi) is 16.2. The first-order valence-corrected chi connectivity index (χ1v) is 17.4. The van der Waals surface area contributed by atoms with Crippen LogP contribution in [0.25, 0.3) is 0 Å². The van der Waals surface area contributed by atoms with E-state index in [4.69, 9.17) is 28.0 Å². The predicted octanol–water partition coefficient (Wildman–Crippen LogP) is -4.48. The molecule has 0 unspecified atom stereocenters. The Morgan fingerprint density at radius 1 is 0.917 bits per heavy atom. The number of carboxylic acids is 2. The van der Waals surface area contributed by atoms with Crippen LogP contribution in [-0.2, 0) is 38.4 Å². The van der Waals surface area contributed by atoms with Crippen molar-refractivity contribution in [2.75, 3.05) is 24.6 Å². The number of likely N-dealkylation sites (tertiary alicyclic amines) is 1. The summed E-state index contributed by atoms with van der Waals surface area (Å²) in [5, 5.41) is 28.4. The number of primary amides is 1. The number of carbonyl (C=O) groups excluding carboxylic acids is 6. The Labute approximate surface area is 283 Å². The lowest BCUT2D eigenvalue weighted by atomic mass is 10.1. The molecule has 2 aliphatic heterocycles. The van der Waals surface area contributed by atoms with E-state index in [-0.39, 0.29) is 68.6 Å². The molecule has 20 nitrogen and oxygen atoms in total. The zero-order valence-electron chi connectivity index (χ0n) is 25.9. The van der Waals surface area contributed by atoms with E-state index in [1.54, 1.807) is 0 Å². The fraction of sp³-hybridized carbons (Fsp3) is 0.654. The van der Waals surface area contributed by atoms with E-state index in [0.29, 0.717) is 6.42 Å². The summed E-state index contributed by atoms with van der Waals surface area (Å²) in [4.78, 5) is 104.